The molecule has 2 aliphatic rings. The normalized spacial score (nSPS) is 13.8. The molecule has 0 radical (unpaired) electrons. The Morgan fingerprint density at radius 1 is 0.565 bits per heavy atom. The van der Waals surface area contributed by atoms with Crippen molar-refractivity contribution in [2.45, 2.75) is 36.9 Å². The van der Waals surface area contributed by atoms with Gasteiger partial charge in [-0.2, -0.15) is 35.5 Å². The van der Waals surface area contributed by atoms with Crippen LogP contribution in [-0.4, -0.2) is 46.1 Å². The van der Waals surface area contributed by atoms with E-state index in [0.717, 1.165) is 25.9 Å². The maximum absolute atomic E-state index is 10.7. The molecule has 2 aliphatic heterocycles. The second kappa shape index (κ2) is 16.7. The maximum Gasteiger partial charge on any atom is 0.485 e. The van der Waals surface area contributed by atoms with Gasteiger partial charge in [0, 0.05) is 85.4 Å². The van der Waals surface area contributed by atoms with E-state index in [0.29, 0.717) is 0 Å². The van der Waals surface area contributed by atoms with E-state index in [9.17, 15) is 26.3 Å². The molecule has 0 saturated heterocycles. The standard InChI is InChI=1S/C42H36N4.2CHF3O3S/c1-43-27-33(35-7-3-5-9-37(35)43)13-11-29-17-21-45-23-19-31-15-16-32-20-24-46-22-18-30(26-40(46)42(32)41(31)39(45)25-29)12-14-34-28-44(2)38-10-6-4-8-36(34)38;2*2-1(3,4)8(5,6)7/h3-18,21-22,25-28H,19-20,23-24H2,1-2H3;2*(H,5,6,7)/q+2;;/p-2. The minimum absolute atomic E-state index is 1.00. The molecule has 0 amide bonds. The summed E-state index contributed by atoms with van der Waals surface area (Å²) in [6.45, 7) is 2.00. The van der Waals surface area contributed by atoms with Gasteiger partial charge in [0.2, 0.25) is 11.4 Å². The topological polar surface area (TPSA) is 132 Å². The van der Waals surface area contributed by atoms with Gasteiger partial charge in [0.05, 0.1) is 11.1 Å². The van der Waals surface area contributed by atoms with Crippen molar-refractivity contribution in [3.63, 3.8) is 0 Å². The molecule has 0 spiro atoms. The van der Waals surface area contributed by atoms with Gasteiger partial charge in [-0.15, -0.1) is 0 Å². The molecule has 62 heavy (non-hydrogen) atoms. The van der Waals surface area contributed by atoms with E-state index in [1.54, 1.807) is 0 Å². The summed E-state index contributed by atoms with van der Waals surface area (Å²) in [5.74, 6) is 0. The monoisotopic (exact) mass is 894 g/mol. The highest BCUT2D eigenvalue weighted by Crippen LogP contribution is 2.40. The van der Waals surface area contributed by atoms with E-state index in [2.05, 4.69) is 166 Å². The molecule has 18 heteroatoms. The van der Waals surface area contributed by atoms with Gasteiger partial charge in [-0.05, 0) is 45.5 Å². The van der Waals surface area contributed by atoms with Crippen molar-refractivity contribution in [1.29, 1.82) is 0 Å². The lowest BCUT2D eigenvalue weighted by molar-refractivity contribution is -0.689. The van der Waals surface area contributed by atoms with Gasteiger partial charge in [0.25, 0.3) is 0 Å². The Labute approximate surface area is 352 Å². The summed E-state index contributed by atoms with van der Waals surface area (Å²) in [5, 5.41) is 2.57. The van der Waals surface area contributed by atoms with Gasteiger partial charge in [-0.1, -0.05) is 72.8 Å². The van der Waals surface area contributed by atoms with Crippen molar-refractivity contribution in [1.82, 2.24) is 9.13 Å². The van der Waals surface area contributed by atoms with Crippen molar-refractivity contribution in [2.75, 3.05) is 0 Å². The van der Waals surface area contributed by atoms with Gasteiger partial charge < -0.3 is 18.2 Å². The highest BCUT2D eigenvalue weighted by molar-refractivity contribution is 7.86. The number of alkyl halides is 6. The number of nitrogens with zero attached hydrogens (tertiary/aromatic N) is 4. The second-order valence-electron chi connectivity index (χ2n) is 14.6. The summed E-state index contributed by atoms with van der Waals surface area (Å²) in [6, 6.07) is 31.3. The third-order valence-electron chi connectivity index (χ3n) is 10.6. The number of aromatic nitrogens is 4. The van der Waals surface area contributed by atoms with Crippen LogP contribution in [0.15, 0.2) is 110 Å². The molecular weight excluding hydrogens is 859 g/mol. The fraction of sp³-hybridized carbons (Fsp3) is 0.182. The molecule has 0 saturated carbocycles. The van der Waals surface area contributed by atoms with Gasteiger partial charge >= 0.3 is 11.0 Å². The van der Waals surface area contributed by atoms with E-state index >= 15 is 0 Å². The van der Waals surface area contributed by atoms with Crippen LogP contribution in [0.3, 0.4) is 0 Å². The highest BCUT2D eigenvalue weighted by atomic mass is 32.2. The number of rotatable bonds is 4. The van der Waals surface area contributed by atoms with Gasteiger partial charge in [-0.3, -0.25) is 0 Å². The first-order valence-corrected chi connectivity index (χ1v) is 21.6. The summed E-state index contributed by atoms with van der Waals surface area (Å²) in [5.41, 5.74) is 4.45. The fourth-order valence-electron chi connectivity index (χ4n) is 7.68. The number of aryl methyl sites for hydroxylation is 6. The zero-order valence-corrected chi connectivity index (χ0v) is 34.5. The number of hydrogen-bond donors (Lipinski definition) is 0. The zero-order chi connectivity index (χ0) is 44.8. The number of halogens is 6. The number of pyridine rings is 2. The third kappa shape index (κ3) is 9.09. The number of hydrogen-bond acceptors (Lipinski definition) is 6. The SMILES string of the molecule is Cn1cc(/C=C/c2cc[n+]3c(c2)-c2c(ccc4c2-c2cc(/C=C/c5cn(C)c6ccccc56)cc[n+]2CC4)CC3)c2ccccc21.O=S(=O)([O-])C(F)(F)F.O=S(=O)([O-])C(F)(F)F. The van der Waals surface area contributed by atoms with Crippen LogP contribution >= 0.6 is 0 Å². The molecule has 7 aromatic rings. The molecule has 0 bridgehead atoms. The summed E-state index contributed by atoms with van der Waals surface area (Å²) < 4.78 is 127. The first-order chi connectivity index (χ1) is 29.1. The van der Waals surface area contributed by atoms with Crippen molar-refractivity contribution in [3.8, 4) is 22.5 Å². The van der Waals surface area contributed by atoms with Crippen LogP contribution in [-0.2, 0) is 60.3 Å². The molecule has 0 fully saturated rings. The average molecular weight is 895 g/mol. The summed E-state index contributed by atoms with van der Waals surface area (Å²) >= 11 is 0. The Morgan fingerprint density at radius 2 is 0.919 bits per heavy atom. The Hall–Kier alpha value is -6.08. The molecule has 0 aliphatic carbocycles. The average Bonchev–Trinajstić information content (AvgIpc) is 3.72. The summed E-state index contributed by atoms with van der Waals surface area (Å²) in [7, 11) is -7.94. The van der Waals surface area contributed by atoms with Gasteiger partial charge in [0.1, 0.15) is 0 Å². The Kier molecular flexibility index (Phi) is 11.8. The Morgan fingerprint density at radius 3 is 1.27 bits per heavy atom. The number of benzene rings is 3. The van der Waals surface area contributed by atoms with Crippen LogP contribution < -0.4 is 9.13 Å². The van der Waals surface area contributed by atoms with E-state index < -0.39 is 31.3 Å². The van der Waals surface area contributed by atoms with Crippen LogP contribution in [0.2, 0.25) is 0 Å². The van der Waals surface area contributed by atoms with E-state index in [4.69, 9.17) is 25.9 Å². The van der Waals surface area contributed by atoms with Crippen LogP contribution in [0.25, 0.3) is 68.6 Å². The fourth-order valence-corrected chi connectivity index (χ4v) is 7.68. The van der Waals surface area contributed by atoms with Crippen LogP contribution in [0, 0.1) is 0 Å². The molecule has 0 atom stereocenters. The van der Waals surface area contributed by atoms with Crippen LogP contribution in [0.4, 0.5) is 26.3 Å². The lowest BCUT2D eigenvalue weighted by atomic mass is 9.84. The lowest BCUT2D eigenvalue weighted by Crippen LogP contribution is -2.43. The lowest BCUT2D eigenvalue weighted by Gasteiger charge is -2.23. The second-order valence-corrected chi connectivity index (χ2v) is 17.3. The molecule has 10 nitrogen and oxygen atoms in total. The summed E-state index contributed by atoms with van der Waals surface area (Å²) in [6.07, 6.45) is 20.2. The zero-order valence-electron chi connectivity index (χ0n) is 32.9. The molecule has 0 N–H and O–H groups in total. The quantitative estimate of drug-likeness (QED) is 0.0759. The number of fused-ring (bicyclic) bond motifs is 9. The Balaban J connectivity index is 0.000000309. The molecular formula is C44H36F6N4O6S2. The highest BCUT2D eigenvalue weighted by Gasteiger charge is 2.38. The molecule has 9 rings (SSSR count). The van der Waals surface area contributed by atoms with Crippen LogP contribution in [0.1, 0.15) is 33.4 Å². The minimum atomic E-state index is -6.09. The van der Waals surface area contributed by atoms with Crippen molar-refractivity contribution >= 4 is 66.3 Å². The van der Waals surface area contributed by atoms with E-state index in [1.807, 2.05) is 0 Å². The number of para-hydroxylation sites is 2. The van der Waals surface area contributed by atoms with Crippen molar-refractivity contribution in [3.05, 3.63) is 143 Å². The largest absolute Gasteiger partial charge is 0.741 e. The predicted molar refractivity (Wildman–Crippen MR) is 220 cm³/mol. The van der Waals surface area contributed by atoms with Gasteiger partial charge in [0.15, 0.2) is 45.7 Å². The third-order valence-corrected chi connectivity index (χ3v) is 11.7. The van der Waals surface area contributed by atoms with E-state index in [-0.39, 0.29) is 0 Å². The molecule has 6 heterocycles. The maximum atomic E-state index is 10.7. The first-order valence-electron chi connectivity index (χ1n) is 18.8. The predicted octanol–water partition coefficient (Wildman–Crippen LogP) is 8.13. The van der Waals surface area contributed by atoms with Gasteiger partial charge in [-0.25, -0.2) is 16.8 Å². The smallest absolute Gasteiger partial charge is 0.485 e. The molecule has 322 valence electrons. The van der Waals surface area contributed by atoms with E-state index in [1.165, 1.54) is 77.7 Å². The first kappa shape index (κ1) is 44.0. The minimum Gasteiger partial charge on any atom is -0.741 e. The van der Waals surface area contributed by atoms with Crippen LogP contribution in [0.5, 0.6) is 0 Å². The molecule has 0 unspecified atom stereocenters. The Bertz CT molecular complexity index is 2940. The summed E-state index contributed by atoms with van der Waals surface area (Å²) in [4.78, 5) is 0. The molecule has 4 aromatic heterocycles. The van der Waals surface area contributed by atoms with Crippen molar-refractivity contribution in [2.24, 2.45) is 14.1 Å². The van der Waals surface area contributed by atoms with Crippen molar-refractivity contribution < 1.29 is 61.4 Å². The molecule has 3 aromatic carbocycles.